The van der Waals surface area contributed by atoms with Crippen molar-refractivity contribution in [2.75, 3.05) is 6.61 Å². The van der Waals surface area contributed by atoms with E-state index in [1.807, 2.05) is 6.07 Å². The molecule has 0 aliphatic rings. The zero-order valence-corrected chi connectivity index (χ0v) is 8.34. The summed E-state index contributed by atoms with van der Waals surface area (Å²) in [5.74, 6) is -0.165. The van der Waals surface area contributed by atoms with Crippen molar-refractivity contribution in [2.24, 2.45) is 0 Å². The van der Waals surface area contributed by atoms with Crippen LogP contribution in [0.25, 0.3) is 0 Å². The molecule has 0 atom stereocenters. The molecule has 1 radical (unpaired) electrons. The third-order valence-electron chi connectivity index (χ3n) is 2.25. The molecule has 14 heavy (non-hydrogen) atoms. The number of benzene rings is 1. The van der Waals surface area contributed by atoms with Gasteiger partial charge < -0.3 is 0 Å². The van der Waals surface area contributed by atoms with Crippen molar-refractivity contribution in [1.82, 2.24) is 0 Å². The standard InChI is InChI=1S/C12H16FO/c13-12-8-5-7-11(10-12)6-3-1-2-4-9-14/h5,7-8,10H,1-4,6,9H2. The van der Waals surface area contributed by atoms with Crippen LogP contribution in [-0.4, -0.2) is 6.61 Å². The minimum atomic E-state index is -0.165. The number of rotatable bonds is 6. The zero-order valence-electron chi connectivity index (χ0n) is 8.34. The van der Waals surface area contributed by atoms with Gasteiger partial charge in [-0.25, -0.2) is 9.50 Å². The molecule has 0 N–H and O–H groups in total. The molecule has 0 saturated carbocycles. The summed E-state index contributed by atoms with van der Waals surface area (Å²) in [7, 11) is 0. The van der Waals surface area contributed by atoms with Crippen molar-refractivity contribution in [3.63, 3.8) is 0 Å². The van der Waals surface area contributed by atoms with E-state index in [9.17, 15) is 9.50 Å². The third kappa shape index (κ3) is 4.38. The second-order valence-electron chi connectivity index (χ2n) is 3.50. The Hall–Kier alpha value is -0.890. The summed E-state index contributed by atoms with van der Waals surface area (Å²) in [6, 6.07) is 6.72. The zero-order chi connectivity index (χ0) is 10.2. The molecule has 0 spiro atoms. The molecule has 0 aliphatic heterocycles. The van der Waals surface area contributed by atoms with Crippen molar-refractivity contribution >= 4 is 0 Å². The van der Waals surface area contributed by atoms with Crippen molar-refractivity contribution in [3.8, 4) is 0 Å². The first-order chi connectivity index (χ1) is 6.83. The molecule has 1 nitrogen and oxygen atoms in total. The molecule has 2 heteroatoms. The molecule has 0 amide bonds. The molecule has 0 fully saturated rings. The number of halogens is 1. The molecule has 1 aromatic carbocycles. The van der Waals surface area contributed by atoms with Gasteiger partial charge in [0.15, 0.2) is 0 Å². The lowest BCUT2D eigenvalue weighted by molar-refractivity contribution is 0.186. The highest BCUT2D eigenvalue weighted by atomic mass is 19.1. The van der Waals surface area contributed by atoms with E-state index in [4.69, 9.17) is 0 Å². The molecule has 0 aromatic heterocycles. The molecule has 77 valence electrons. The van der Waals surface area contributed by atoms with E-state index in [0.29, 0.717) is 0 Å². The van der Waals surface area contributed by atoms with Crippen LogP contribution in [0.1, 0.15) is 31.2 Å². The average molecular weight is 195 g/mol. The molecule has 0 saturated heterocycles. The third-order valence-corrected chi connectivity index (χ3v) is 2.25. The molecule has 1 aromatic rings. The minimum absolute atomic E-state index is 0.0277. The summed E-state index contributed by atoms with van der Waals surface area (Å²) in [5, 5.41) is 10.2. The normalized spacial score (nSPS) is 10.4. The van der Waals surface area contributed by atoms with Gasteiger partial charge in [-0.1, -0.05) is 25.0 Å². The number of aryl methyl sites for hydroxylation is 1. The highest BCUT2D eigenvalue weighted by Crippen LogP contribution is 2.09. The Labute approximate surface area is 84.6 Å². The van der Waals surface area contributed by atoms with Crippen molar-refractivity contribution in [1.29, 1.82) is 0 Å². The molecular formula is C12H16FO. The fourth-order valence-electron chi connectivity index (χ4n) is 1.48. The van der Waals surface area contributed by atoms with E-state index in [2.05, 4.69) is 0 Å². The van der Waals surface area contributed by atoms with Crippen LogP contribution in [0.3, 0.4) is 0 Å². The van der Waals surface area contributed by atoms with Gasteiger partial charge in [-0.15, -0.1) is 0 Å². The van der Waals surface area contributed by atoms with E-state index >= 15 is 0 Å². The second-order valence-corrected chi connectivity index (χ2v) is 3.50. The predicted molar refractivity (Wildman–Crippen MR) is 54.1 cm³/mol. The van der Waals surface area contributed by atoms with Crippen LogP contribution in [0.15, 0.2) is 24.3 Å². The predicted octanol–water partition coefficient (Wildman–Crippen LogP) is 3.36. The maximum Gasteiger partial charge on any atom is 0.123 e. The molecule has 1 rings (SSSR count). The van der Waals surface area contributed by atoms with Crippen LogP contribution in [0.2, 0.25) is 0 Å². The first kappa shape index (κ1) is 11.2. The number of unbranched alkanes of at least 4 members (excludes halogenated alkanes) is 3. The molecule has 0 unspecified atom stereocenters. The number of hydrogen-bond donors (Lipinski definition) is 0. The van der Waals surface area contributed by atoms with E-state index in [-0.39, 0.29) is 12.4 Å². The molecular weight excluding hydrogens is 179 g/mol. The van der Waals surface area contributed by atoms with Gasteiger partial charge in [-0.05, 0) is 37.0 Å². The highest BCUT2D eigenvalue weighted by molar-refractivity contribution is 5.16. The Bertz CT molecular complexity index is 260. The lowest BCUT2D eigenvalue weighted by Gasteiger charge is -2.00. The summed E-state index contributed by atoms with van der Waals surface area (Å²) < 4.78 is 12.8. The molecule has 0 aliphatic carbocycles. The Morgan fingerprint density at radius 3 is 2.57 bits per heavy atom. The Morgan fingerprint density at radius 1 is 1.07 bits per heavy atom. The maximum atomic E-state index is 12.8. The maximum absolute atomic E-state index is 12.8. The van der Waals surface area contributed by atoms with Crippen LogP contribution < -0.4 is 0 Å². The summed E-state index contributed by atoms with van der Waals surface area (Å²) >= 11 is 0. The van der Waals surface area contributed by atoms with Gasteiger partial charge in [-0.3, -0.25) is 0 Å². The average Bonchev–Trinajstić information content (AvgIpc) is 2.18. The smallest absolute Gasteiger partial charge is 0.123 e. The fourth-order valence-corrected chi connectivity index (χ4v) is 1.48. The van der Waals surface area contributed by atoms with Crippen molar-refractivity contribution < 1.29 is 9.50 Å². The van der Waals surface area contributed by atoms with Crippen LogP contribution in [0, 0.1) is 5.82 Å². The van der Waals surface area contributed by atoms with Crippen LogP contribution in [0.5, 0.6) is 0 Å². The van der Waals surface area contributed by atoms with Crippen LogP contribution in [-0.2, 0) is 11.5 Å². The topological polar surface area (TPSA) is 19.9 Å². The van der Waals surface area contributed by atoms with Gasteiger partial charge in [0.2, 0.25) is 0 Å². The quantitative estimate of drug-likeness (QED) is 0.620. The SMILES string of the molecule is [O]CCCCCCc1cccc(F)c1. The first-order valence-corrected chi connectivity index (χ1v) is 5.15. The van der Waals surface area contributed by atoms with Crippen molar-refractivity contribution in [2.45, 2.75) is 32.1 Å². The first-order valence-electron chi connectivity index (χ1n) is 5.15. The van der Waals surface area contributed by atoms with E-state index in [1.165, 1.54) is 6.07 Å². The fraction of sp³-hybridized carbons (Fsp3) is 0.500. The highest BCUT2D eigenvalue weighted by Gasteiger charge is 1.95. The van der Waals surface area contributed by atoms with Crippen LogP contribution in [0.4, 0.5) is 4.39 Å². The monoisotopic (exact) mass is 195 g/mol. The van der Waals surface area contributed by atoms with E-state index < -0.39 is 0 Å². The largest absolute Gasteiger partial charge is 0.237 e. The molecule has 0 bridgehead atoms. The summed E-state index contributed by atoms with van der Waals surface area (Å²) in [6.45, 7) is 0.0277. The summed E-state index contributed by atoms with van der Waals surface area (Å²) in [4.78, 5) is 0. The lowest BCUT2D eigenvalue weighted by atomic mass is 10.1. The van der Waals surface area contributed by atoms with Gasteiger partial charge >= 0.3 is 0 Å². The second kappa shape index (κ2) is 6.55. The lowest BCUT2D eigenvalue weighted by Crippen LogP contribution is -1.88. The Balaban J connectivity index is 2.18. The van der Waals surface area contributed by atoms with Crippen LogP contribution >= 0.6 is 0 Å². The Kier molecular flexibility index (Phi) is 5.23. The van der Waals surface area contributed by atoms with Crippen molar-refractivity contribution in [3.05, 3.63) is 35.6 Å². The van der Waals surface area contributed by atoms with Gasteiger partial charge in [0.05, 0.1) is 6.61 Å². The minimum Gasteiger partial charge on any atom is -0.237 e. The summed E-state index contributed by atoms with van der Waals surface area (Å²) in [6.07, 6.45) is 4.79. The number of hydrogen-bond acceptors (Lipinski definition) is 0. The summed E-state index contributed by atoms with van der Waals surface area (Å²) in [5.41, 5.74) is 1.05. The van der Waals surface area contributed by atoms with Gasteiger partial charge in [0.1, 0.15) is 5.82 Å². The molecule has 0 heterocycles. The van der Waals surface area contributed by atoms with Gasteiger partial charge in [0, 0.05) is 0 Å². The Morgan fingerprint density at radius 2 is 1.86 bits per heavy atom. The van der Waals surface area contributed by atoms with E-state index in [0.717, 1.165) is 37.7 Å². The van der Waals surface area contributed by atoms with Gasteiger partial charge in [-0.2, -0.15) is 0 Å². The van der Waals surface area contributed by atoms with E-state index in [1.54, 1.807) is 12.1 Å². The van der Waals surface area contributed by atoms with Gasteiger partial charge in [0.25, 0.3) is 0 Å².